The minimum absolute atomic E-state index is 0.0612. The third-order valence-corrected chi connectivity index (χ3v) is 3.74. The molecule has 96 valence electrons. The molecule has 0 fully saturated rings. The van der Waals surface area contributed by atoms with Crippen LogP contribution in [-0.2, 0) is 11.3 Å². The van der Waals surface area contributed by atoms with Crippen LogP contribution in [0, 0.1) is 18.8 Å². The van der Waals surface area contributed by atoms with Crippen LogP contribution in [0.25, 0.3) is 0 Å². The second-order valence-corrected chi connectivity index (χ2v) is 5.60. The first-order valence-electron chi connectivity index (χ1n) is 6.04. The van der Waals surface area contributed by atoms with Gasteiger partial charge in [0, 0.05) is 13.1 Å². The van der Waals surface area contributed by atoms with Gasteiger partial charge in [0.05, 0.1) is 5.92 Å². The first-order chi connectivity index (χ1) is 8.04. The van der Waals surface area contributed by atoms with Gasteiger partial charge in [0.1, 0.15) is 0 Å². The highest BCUT2D eigenvalue weighted by Crippen LogP contribution is 2.14. The SMILES string of the molecule is Cc1cscc1CNC(=O)C(CN)CC(C)C. The summed E-state index contributed by atoms with van der Waals surface area (Å²) in [5, 5.41) is 7.14. The van der Waals surface area contributed by atoms with E-state index in [1.165, 1.54) is 11.1 Å². The van der Waals surface area contributed by atoms with E-state index in [-0.39, 0.29) is 11.8 Å². The van der Waals surface area contributed by atoms with Crippen molar-refractivity contribution in [3.8, 4) is 0 Å². The number of thiophene rings is 1. The summed E-state index contributed by atoms with van der Waals surface area (Å²) < 4.78 is 0. The Morgan fingerprint density at radius 3 is 2.65 bits per heavy atom. The van der Waals surface area contributed by atoms with Gasteiger partial charge in [-0.1, -0.05) is 13.8 Å². The highest BCUT2D eigenvalue weighted by atomic mass is 32.1. The Bertz CT molecular complexity index is 360. The van der Waals surface area contributed by atoms with E-state index >= 15 is 0 Å². The van der Waals surface area contributed by atoms with Crippen molar-refractivity contribution in [3.63, 3.8) is 0 Å². The number of amides is 1. The fourth-order valence-corrected chi connectivity index (χ4v) is 2.63. The lowest BCUT2D eigenvalue weighted by Gasteiger charge is -2.16. The van der Waals surface area contributed by atoms with Crippen molar-refractivity contribution in [1.82, 2.24) is 5.32 Å². The molecule has 0 saturated carbocycles. The third-order valence-electron chi connectivity index (χ3n) is 2.83. The zero-order valence-electron chi connectivity index (χ0n) is 10.8. The summed E-state index contributed by atoms with van der Waals surface area (Å²) in [6.45, 7) is 7.32. The largest absolute Gasteiger partial charge is 0.352 e. The number of carbonyl (C=O) groups excluding carboxylic acids is 1. The molecule has 1 rings (SSSR count). The van der Waals surface area contributed by atoms with Crippen molar-refractivity contribution in [2.75, 3.05) is 6.54 Å². The van der Waals surface area contributed by atoms with E-state index in [9.17, 15) is 4.79 Å². The van der Waals surface area contributed by atoms with Crippen LogP contribution >= 0.6 is 11.3 Å². The second kappa shape index (κ2) is 6.77. The highest BCUT2D eigenvalue weighted by Gasteiger charge is 2.17. The van der Waals surface area contributed by atoms with Gasteiger partial charge in [-0.15, -0.1) is 0 Å². The molecule has 1 aromatic heterocycles. The molecule has 1 amide bonds. The summed E-state index contributed by atoms with van der Waals surface area (Å²) in [5.74, 6) is 0.512. The predicted octanol–water partition coefficient (Wildman–Crippen LogP) is 2.29. The Morgan fingerprint density at radius 2 is 2.18 bits per heavy atom. The minimum Gasteiger partial charge on any atom is -0.352 e. The number of hydrogen-bond acceptors (Lipinski definition) is 3. The van der Waals surface area contributed by atoms with Crippen LogP contribution in [0.3, 0.4) is 0 Å². The minimum atomic E-state index is -0.0612. The number of aryl methyl sites for hydroxylation is 1. The Hall–Kier alpha value is -0.870. The lowest BCUT2D eigenvalue weighted by Crippen LogP contribution is -2.35. The molecular weight excluding hydrogens is 232 g/mol. The van der Waals surface area contributed by atoms with Crippen LogP contribution in [0.2, 0.25) is 0 Å². The lowest BCUT2D eigenvalue weighted by molar-refractivity contribution is -0.125. The molecule has 1 atom stereocenters. The number of nitrogens with two attached hydrogens (primary N) is 1. The van der Waals surface area contributed by atoms with E-state index in [0.29, 0.717) is 19.0 Å². The summed E-state index contributed by atoms with van der Waals surface area (Å²) in [7, 11) is 0. The van der Waals surface area contributed by atoms with Gasteiger partial charge in [-0.25, -0.2) is 0 Å². The average Bonchev–Trinajstić information content (AvgIpc) is 2.68. The molecule has 1 aromatic rings. The molecule has 3 N–H and O–H groups in total. The van der Waals surface area contributed by atoms with Crippen molar-refractivity contribution in [2.24, 2.45) is 17.6 Å². The van der Waals surface area contributed by atoms with Gasteiger partial charge in [0.15, 0.2) is 0 Å². The molecule has 1 unspecified atom stereocenters. The van der Waals surface area contributed by atoms with Crippen molar-refractivity contribution in [2.45, 2.75) is 33.7 Å². The van der Waals surface area contributed by atoms with Crippen LogP contribution in [0.4, 0.5) is 0 Å². The fourth-order valence-electron chi connectivity index (χ4n) is 1.77. The van der Waals surface area contributed by atoms with Gasteiger partial charge < -0.3 is 11.1 Å². The van der Waals surface area contributed by atoms with Crippen molar-refractivity contribution in [1.29, 1.82) is 0 Å². The van der Waals surface area contributed by atoms with Gasteiger partial charge in [-0.3, -0.25) is 4.79 Å². The third kappa shape index (κ3) is 4.48. The van der Waals surface area contributed by atoms with E-state index in [0.717, 1.165) is 6.42 Å². The molecule has 0 aliphatic heterocycles. The fraction of sp³-hybridized carbons (Fsp3) is 0.615. The first-order valence-corrected chi connectivity index (χ1v) is 6.98. The van der Waals surface area contributed by atoms with Gasteiger partial charge >= 0.3 is 0 Å². The van der Waals surface area contributed by atoms with E-state index < -0.39 is 0 Å². The Labute approximate surface area is 107 Å². The van der Waals surface area contributed by atoms with Crippen LogP contribution < -0.4 is 11.1 Å². The summed E-state index contributed by atoms with van der Waals surface area (Å²) in [6, 6.07) is 0. The van der Waals surface area contributed by atoms with Gasteiger partial charge in [-0.05, 0) is 41.1 Å². The summed E-state index contributed by atoms with van der Waals surface area (Å²) in [4.78, 5) is 11.9. The molecule has 0 aliphatic rings. The molecule has 0 saturated heterocycles. The first kappa shape index (κ1) is 14.2. The lowest BCUT2D eigenvalue weighted by atomic mass is 9.96. The number of rotatable bonds is 6. The molecule has 4 heteroatoms. The Morgan fingerprint density at radius 1 is 1.47 bits per heavy atom. The molecule has 1 heterocycles. The Balaban J connectivity index is 2.45. The summed E-state index contributed by atoms with van der Waals surface area (Å²) in [6.07, 6.45) is 0.852. The maximum absolute atomic E-state index is 11.9. The maximum atomic E-state index is 11.9. The monoisotopic (exact) mass is 254 g/mol. The van der Waals surface area contributed by atoms with E-state index in [4.69, 9.17) is 5.73 Å². The van der Waals surface area contributed by atoms with Crippen molar-refractivity contribution < 1.29 is 4.79 Å². The smallest absolute Gasteiger partial charge is 0.224 e. The van der Waals surface area contributed by atoms with Crippen molar-refractivity contribution >= 4 is 17.2 Å². The van der Waals surface area contributed by atoms with E-state index in [2.05, 4.69) is 36.8 Å². The molecule has 17 heavy (non-hydrogen) atoms. The average molecular weight is 254 g/mol. The topological polar surface area (TPSA) is 55.1 Å². The Kier molecular flexibility index (Phi) is 5.65. The molecule has 0 aromatic carbocycles. The standard InChI is InChI=1S/C13H22N2OS/c1-9(2)4-11(5-14)13(16)15-6-12-8-17-7-10(12)3/h7-9,11H,4-6,14H2,1-3H3,(H,15,16). The predicted molar refractivity (Wildman–Crippen MR) is 72.9 cm³/mol. The van der Waals surface area contributed by atoms with Gasteiger partial charge in [0.25, 0.3) is 0 Å². The maximum Gasteiger partial charge on any atom is 0.224 e. The highest BCUT2D eigenvalue weighted by molar-refractivity contribution is 7.08. The molecule has 0 aliphatic carbocycles. The molecular formula is C13H22N2OS. The van der Waals surface area contributed by atoms with Gasteiger partial charge in [0.2, 0.25) is 5.91 Å². The number of hydrogen-bond donors (Lipinski definition) is 2. The van der Waals surface area contributed by atoms with E-state index in [1.54, 1.807) is 11.3 Å². The van der Waals surface area contributed by atoms with Crippen LogP contribution in [-0.4, -0.2) is 12.5 Å². The van der Waals surface area contributed by atoms with Crippen molar-refractivity contribution in [3.05, 3.63) is 21.9 Å². The number of nitrogens with one attached hydrogen (secondary N) is 1. The van der Waals surface area contributed by atoms with Crippen LogP contribution in [0.1, 0.15) is 31.4 Å². The molecule has 3 nitrogen and oxygen atoms in total. The van der Waals surface area contributed by atoms with E-state index in [1.807, 2.05) is 0 Å². The number of carbonyl (C=O) groups is 1. The van der Waals surface area contributed by atoms with Gasteiger partial charge in [-0.2, -0.15) is 11.3 Å². The molecule has 0 spiro atoms. The molecule has 0 radical (unpaired) electrons. The zero-order chi connectivity index (χ0) is 12.8. The summed E-state index contributed by atoms with van der Waals surface area (Å²) in [5.41, 5.74) is 8.08. The normalized spacial score (nSPS) is 12.8. The second-order valence-electron chi connectivity index (χ2n) is 4.86. The van der Waals surface area contributed by atoms with Crippen LogP contribution in [0.15, 0.2) is 10.8 Å². The zero-order valence-corrected chi connectivity index (χ0v) is 11.6. The molecule has 0 bridgehead atoms. The van der Waals surface area contributed by atoms with Crippen LogP contribution in [0.5, 0.6) is 0 Å². The summed E-state index contributed by atoms with van der Waals surface area (Å²) >= 11 is 1.67. The quantitative estimate of drug-likeness (QED) is 0.818.